The van der Waals surface area contributed by atoms with Crippen molar-refractivity contribution < 1.29 is 18.4 Å². The van der Waals surface area contributed by atoms with Crippen molar-refractivity contribution >= 4 is 34.8 Å². The predicted octanol–water partition coefficient (Wildman–Crippen LogP) is 3.91. The van der Waals surface area contributed by atoms with Crippen LogP contribution in [0.25, 0.3) is 11.6 Å². The van der Waals surface area contributed by atoms with E-state index in [-0.39, 0.29) is 24.6 Å². The number of aromatic nitrogens is 2. The molecular weight excluding hydrogens is 592 g/mol. The molecule has 4 N–H and O–H groups in total. The van der Waals surface area contributed by atoms with Crippen molar-refractivity contribution in [2.45, 2.75) is 19.6 Å². The van der Waals surface area contributed by atoms with Crippen LogP contribution >= 0.6 is 0 Å². The minimum atomic E-state index is -1.03. The lowest BCUT2D eigenvalue weighted by Crippen LogP contribution is -2.33. The summed E-state index contributed by atoms with van der Waals surface area (Å²) >= 11 is 0. The second kappa shape index (κ2) is 12.8. The maximum absolute atomic E-state index is 13.6. The Bertz CT molecular complexity index is 1980. The van der Waals surface area contributed by atoms with Crippen LogP contribution in [0.3, 0.4) is 0 Å². The van der Waals surface area contributed by atoms with Gasteiger partial charge >= 0.3 is 0 Å². The van der Waals surface area contributed by atoms with E-state index in [9.17, 15) is 23.2 Å². The van der Waals surface area contributed by atoms with Gasteiger partial charge in [0.15, 0.2) is 11.6 Å². The Kier molecular flexibility index (Phi) is 8.45. The van der Waals surface area contributed by atoms with Crippen molar-refractivity contribution in [2.75, 3.05) is 31.3 Å². The minimum Gasteiger partial charge on any atom is -0.367 e. The molecule has 0 atom stereocenters. The first-order valence-electron chi connectivity index (χ1n) is 14.6. The number of nitrogens with zero attached hydrogens (tertiary/aromatic N) is 3. The number of halogens is 2. The molecule has 0 unspecified atom stereocenters. The second-order valence-electron chi connectivity index (χ2n) is 11.3. The van der Waals surface area contributed by atoms with Gasteiger partial charge in [-0.2, -0.15) is 0 Å². The molecule has 0 saturated carbocycles. The molecule has 2 amide bonds. The first-order chi connectivity index (χ1) is 22.2. The van der Waals surface area contributed by atoms with Gasteiger partial charge in [-0.3, -0.25) is 19.0 Å². The van der Waals surface area contributed by atoms with Crippen molar-refractivity contribution in [3.05, 3.63) is 134 Å². The average molecular weight is 624 g/mol. The summed E-state index contributed by atoms with van der Waals surface area (Å²) in [7, 11) is 4.06. The molecule has 0 spiro atoms. The third kappa shape index (κ3) is 6.42. The number of fused-ring (bicyclic) bond motifs is 2. The number of hydrogen-bond donors (Lipinski definition) is 4. The van der Waals surface area contributed by atoms with Crippen LogP contribution in [0.5, 0.6) is 0 Å². The zero-order chi connectivity index (χ0) is 32.4. The molecule has 4 aromatic rings. The molecule has 0 aliphatic carbocycles. The smallest absolute Gasteiger partial charge is 0.266 e. The fourth-order valence-corrected chi connectivity index (χ4v) is 5.43. The average Bonchev–Trinajstić information content (AvgIpc) is 3.36. The van der Waals surface area contributed by atoms with Gasteiger partial charge in [-0.15, -0.1) is 0 Å². The lowest BCUT2D eigenvalue weighted by molar-refractivity contribution is -0.110. The quantitative estimate of drug-likeness (QED) is 0.220. The second-order valence-corrected chi connectivity index (χ2v) is 11.3. The highest BCUT2D eigenvalue weighted by Crippen LogP contribution is 2.36. The van der Waals surface area contributed by atoms with Crippen LogP contribution in [0.1, 0.15) is 38.2 Å². The summed E-state index contributed by atoms with van der Waals surface area (Å²) in [5.41, 5.74) is 5.64. The summed E-state index contributed by atoms with van der Waals surface area (Å²) in [6, 6.07) is 15.2. The highest BCUT2D eigenvalue weighted by molar-refractivity contribution is 6.32. The van der Waals surface area contributed by atoms with Crippen LogP contribution in [0.15, 0.2) is 83.8 Å². The van der Waals surface area contributed by atoms with Gasteiger partial charge in [0.1, 0.15) is 11.4 Å². The Hall–Kier alpha value is -5.62. The Balaban J connectivity index is 1.10. The Labute approximate surface area is 263 Å². The fourth-order valence-electron chi connectivity index (χ4n) is 5.43. The number of carbonyl (C=O) groups excluding carboxylic acids is 2. The standard InChI is InChI=1S/C34H31F2N7O3/c1-42(2)17-21-7-10-28-23(12-21)15-39-31(40-28)30-24-8-5-20(14-29(24)41-33(30)45)4-3-11-38-32(44)25-16-37-19-43(34(25)46)18-22-6-9-26(35)27(36)13-22/h3-10,12-14,16,19,39-40H,11,15,17-18H2,1-2H3,(H,38,44)(H,41,45)/b4-3+,31-30-. The van der Waals surface area contributed by atoms with Crippen LogP contribution in [-0.4, -0.2) is 46.9 Å². The Morgan fingerprint density at radius 2 is 1.83 bits per heavy atom. The van der Waals surface area contributed by atoms with Gasteiger partial charge in [0.2, 0.25) is 0 Å². The molecule has 12 heteroatoms. The van der Waals surface area contributed by atoms with E-state index in [2.05, 4.69) is 43.3 Å². The van der Waals surface area contributed by atoms with Crippen molar-refractivity contribution in [3.8, 4) is 0 Å². The highest BCUT2D eigenvalue weighted by Gasteiger charge is 2.29. The number of benzene rings is 3. The first kappa shape index (κ1) is 30.4. The molecule has 46 heavy (non-hydrogen) atoms. The molecule has 3 heterocycles. The first-order valence-corrected chi connectivity index (χ1v) is 14.6. The number of amides is 2. The van der Waals surface area contributed by atoms with E-state index >= 15 is 0 Å². The molecule has 0 fully saturated rings. The molecule has 0 bridgehead atoms. The van der Waals surface area contributed by atoms with Gasteiger partial charge in [-0.1, -0.05) is 42.5 Å². The third-order valence-corrected chi connectivity index (χ3v) is 7.60. The van der Waals surface area contributed by atoms with Crippen molar-refractivity contribution in [1.29, 1.82) is 0 Å². The number of rotatable bonds is 8. The van der Waals surface area contributed by atoms with Crippen molar-refractivity contribution in [3.63, 3.8) is 0 Å². The van der Waals surface area contributed by atoms with E-state index in [1.165, 1.54) is 18.0 Å². The van der Waals surface area contributed by atoms with E-state index in [1.54, 1.807) is 12.2 Å². The van der Waals surface area contributed by atoms with Crippen LogP contribution in [0.2, 0.25) is 0 Å². The summed E-state index contributed by atoms with van der Waals surface area (Å²) in [5.74, 6) is -2.20. The van der Waals surface area contributed by atoms with Gasteiger partial charge in [0.25, 0.3) is 17.4 Å². The summed E-state index contributed by atoms with van der Waals surface area (Å²) in [6.45, 7) is 1.49. The van der Waals surface area contributed by atoms with E-state index in [4.69, 9.17) is 0 Å². The predicted molar refractivity (Wildman–Crippen MR) is 172 cm³/mol. The minimum absolute atomic E-state index is 0.0748. The maximum Gasteiger partial charge on any atom is 0.266 e. The van der Waals surface area contributed by atoms with E-state index in [0.717, 1.165) is 51.8 Å². The molecule has 2 aliphatic rings. The van der Waals surface area contributed by atoms with Crippen molar-refractivity contribution in [2.24, 2.45) is 0 Å². The SMILES string of the molecule is CN(C)Cc1ccc2c(c1)CN/C(=C1/C(=O)Nc3cc(/C=C/CNC(=O)c4cncn(Cc5ccc(F)c(F)c5)c4=O)ccc31)N2. The van der Waals surface area contributed by atoms with Crippen LogP contribution in [-0.2, 0) is 24.4 Å². The van der Waals surface area contributed by atoms with Crippen LogP contribution in [0.4, 0.5) is 20.2 Å². The highest BCUT2D eigenvalue weighted by atomic mass is 19.2. The van der Waals surface area contributed by atoms with Gasteiger partial charge in [-0.25, -0.2) is 13.8 Å². The Morgan fingerprint density at radius 3 is 2.63 bits per heavy atom. The topological polar surface area (TPSA) is 120 Å². The molecular formula is C34H31F2N7O3. The molecule has 1 aromatic heterocycles. The van der Waals surface area contributed by atoms with Crippen molar-refractivity contribution in [1.82, 2.24) is 25.1 Å². The Morgan fingerprint density at radius 1 is 1.00 bits per heavy atom. The lowest BCUT2D eigenvalue weighted by atomic mass is 10.0. The normalized spacial score (nSPS) is 15.3. The van der Waals surface area contributed by atoms with Crippen LogP contribution < -0.4 is 26.8 Å². The van der Waals surface area contributed by atoms with Crippen LogP contribution in [0, 0.1) is 11.6 Å². The summed E-state index contributed by atoms with van der Waals surface area (Å²) in [4.78, 5) is 44.6. The largest absolute Gasteiger partial charge is 0.367 e. The molecule has 3 aromatic carbocycles. The van der Waals surface area contributed by atoms with Gasteiger partial charge in [-0.05, 0) is 60.6 Å². The summed E-state index contributed by atoms with van der Waals surface area (Å²) in [5, 5.41) is 12.3. The molecule has 6 rings (SSSR count). The number of hydrogen-bond acceptors (Lipinski definition) is 7. The monoisotopic (exact) mass is 623 g/mol. The molecule has 234 valence electrons. The molecule has 0 radical (unpaired) electrons. The number of carbonyl (C=O) groups is 2. The van der Waals surface area contributed by atoms with Gasteiger partial charge in [0.05, 0.1) is 18.4 Å². The zero-order valence-electron chi connectivity index (χ0n) is 25.2. The fraction of sp³-hybridized carbons (Fsp3) is 0.176. The molecule has 2 aliphatic heterocycles. The van der Waals surface area contributed by atoms with Gasteiger partial charge < -0.3 is 26.2 Å². The number of anilines is 2. The van der Waals surface area contributed by atoms with E-state index in [0.29, 0.717) is 29.2 Å². The summed E-state index contributed by atoms with van der Waals surface area (Å²) < 4.78 is 28.0. The van der Waals surface area contributed by atoms with Gasteiger partial charge in [0, 0.05) is 42.8 Å². The third-order valence-electron chi connectivity index (χ3n) is 7.60. The lowest BCUT2D eigenvalue weighted by Gasteiger charge is -2.25. The molecule has 10 nitrogen and oxygen atoms in total. The maximum atomic E-state index is 13.6. The molecule has 0 saturated heterocycles. The summed E-state index contributed by atoms with van der Waals surface area (Å²) in [6.07, 6.45) is 5.91. The number of nitrogens with one attached hydrogen (secondary N) is 4. The van der Waals surface area contributed by atoms with E-state index in [1.807, 2.05) is 38.4 Å². The van der Waals surface area contributed by atoms with E-state index < -0.39 is 23.1 Å². The zero-order valence-corrected chi connectivity index (χ0v) is 25.2.